The van der Waals surface area contributed by atoms with Crippen molar-refractivity contribution >= 4 is 39.3 Å². The number of benzene rings is 1. The predicted molar refractivity (Wildman–Crippen MR) is 104 cm³/mol. The topological polar surface area (TPSA) is 121 Å². The summed E-state index contributed by atoms with van der Waals surface area (Å²) in [6.45, 7) is 1.32. The molecule has 0 spiro atoms. The van der Waals surface area contributed by atoms with Crippen molar-refractivity contribution in [1.29, 1.82) is 0 Å². The molecule has 2 fully saturated rings. The summed E-state index contributed by atoms with van der Waals surface area (Å²) in [6, 6.07) is 4.50. The molecule has 1 aromatic rings. The van der Waals surface area contributed by atoms with Crippen molar-refractivity contribution in [2.24, 2.45) is 5.92 Å². The van der Waals surface area contributed by atoms with Gasteiger partial charge >= 0.3 is 17.8 Å². The van der Waals surface area contributed by atoms with E-state index in [2.05, 4.69) is 5.32 Å². The van der Waals surface area contributed by atoms with E-state index in [1.54, 1.807) is 0 Å². The van der Waals surface area contributed by atoms with E-state index in [-0.39, 0.29) is 22.5 Å². The third-order valence-electron chi connectivity index (χ3n) is 5.33. The Morgan fingerprint density at radius 1 is 1.14 bits per heavy atom. The first-order chi connectivity index (χ1) is 13.6. The van der Waals surface area contributed by atoms with Crippen LogP contribution in [0.2, 0.25) is 0 Å². The van der Waals surface area contributed by atoms with Gasteiger partial charge in [0.05, 0.1) is 4.90 Å². The molecule has 0 aromatic heterocycles. The van der Waals surface area contributed by atoms with Gasteiger partial charge in [-0.1, -0.05) is 25.8 Å². The molecule has 1 saturated carbocycles. The quantitative estimate of drug-likeness (QED) is 0.567. The van der Waals surface area contributed by atoms with Crippen LogP contribution in [0.1, 0.15) is 32.6 Å². The Hall–Kier alpha value is -2.75. The van der Waals surface area contributed by atoms with E-state index in [0.717, 1.165) is 30.4 Å². The van der Waals surface area contributed by atoms with Gasteiger partial charge in [0.15, 0.2) is 9.84 Å². The van der Waals surface area contributed by atoms with Gasteiger partial charge < -0.3 is 5.32 Å². The fraction of sp³-hybridized carbons (Fsp3) is 0.474. The van der Waals surface area contributed by atoms with Crippen LogP contribution < -0.4 is 5.32 Å². The van der Waals surface area contributed by atoms with Gasteiger partial charge in [-0.25, -0.2) is 18.1 Å². The molecule has 10 heteroatoms. The Kier molecular flexibility index (Phi) is 5.74. The fourth-order valence-electron chi connectivity index (χ4n) is 3.78. The van der Waals surface area contributed by atoms with E-state index in [1.807, 2.05) is 6.92 Å². The van der Waals surface area contributed by atoms with E-state index in [4.69, 9.17) is 0 Å². The monoisotopic (exact) mass is 421 g/mol. The van der Waals surface area contributed by atoms with Crippen LogP contribution in [0.3, 0.4) is 0 Å². The van der Waals surface area contributed by atoms with Gasteiger partial charge in [-0.05, 0) is 37.0 Å². The molecule has 0 bridgehead atoms. The molecule has 29 heavy (non-hydrogen) atoms. The van der Waals surface area contributed by atoms with Gasteiger partial charge in [-0.3, -0.25) is 19.3 Å². The summed E-state index contributed by atoms with van der Waals surface area (Å²) in [7, 11) is -3.45. The molecule has 1 heterocycles. The number of nitrogens with zero attached hydrogens (tertiary/aromatic N) is 2. The van der Waals surface area contributed by atoms with Crippen LogP contribution in [0.5, 0.6) is 0 Å². The van der Waals surface area contributed by atoms with Crippen molar-refractivity contribution in [2.45, 2.75) is 43.5 Å². The standard InChI is InChI=1S/C19H23N3O6S/c1-12-6-3-4-9-15(12)22-18(25)17(24)21(19(22)26)11-16(23)20-13-7-5-8-14(10-13)29(2,27)28/h5,7-8,10,12,15H,3-4,6,9,11H2,1-2H3,(H,20,23)/t12-,15+/m1/s1. The molecule has 2 aliphatic rings. The third kappa shape index (κ3) is 4.31. The molecular formula is C19H23N3O6S. The van der Waals surface area contributed by atoms with Crippen molar-refractivity contribution in [1.82, 2.24) is 9.80 Å². The molecule has 1 aromatic carbocycles. The first-order valence-electron chi connectivity index (χ1n) is 9.38. The first-order valence-corrected chi connectivity index (χ1v) is 11.3. The number of sulfone groups is 1. The second-order valence-corrected chi connectivity index (χ2v) is 9.54. The average molecular weight is 421 g/mol. The highest BCUT2D eigenvalue weighted by atomic mass is 32.2. The SMILES string of the molecule is C[C@@H]1CCCC[C@@H]1N1C(=O)C(=O)N(CC(=O)Nc2cccc(S(C)(=O)=O)c2)C1=O. The summed E-state index contributed by atoms with van der Waals surface area (Å²) in [4.78, 5) is 51.4. The van der Waals surface area contributed by atoms with Crippen LogP contribution in [0.25, 0.3) is 0 Å². The average Bonchev–Trinajstić information content (AvgIpc) is 2.85. The number of nitrogens with one attached hydrogen (secondary N) is 1. The largest absolute Gasteiger partial charge is 0.334 e. The molecule has 1 saturated heterocycles. The summed E-state index contributed by atoms with van der Waals surface area (Å²) in [5.41, 5.74) is 0.209. The van der Waals surface area contributed by atoms with Gasteiger partial charge in [-0.2, -0.15) is 0 Å². The molecule has 5 amide bonds. The summed E-state index contributed by atoms with van der Waals surface area (Å²) in [5, 5.41) is 2.46. The van der Waals surface area contributed by atoms with Crippen molar-refractivity contribution in [3.8, 4) is 0 Å². The van der Waals surface area contributed by atoms with Crippen LogP contribution in [0, 0.1) is 5.92 Å². The molecule has 9 nitrogen and oxygen atoms in total. The number of hydrogen-bond acceptors (Lipinski definition) is 6. The van der Waals surface area contributed by atoms with Crippen molar-refractivity contribution in [3.63, 3.8) is 0 Å². The van der Waals surface area contributed by atoms with Crippen LogP contribution in [-0.4, -0.2) is 60.8 Å². The molecule has 2 atom stereocenters. The number of amides is 5. The molecule has 1 aliphatic heterocycles. The number of hydrogen-bond donors (Lipinski definition) is 1. The molecule has 1 aliphatic carbocycles. The van der Waals surface area contributed by atoms with Crippen LogP contribution in [-0.2, 0) is 24.2 Å². The second-order valence-electron chi connectivity index (χ2n) is 7.53. The molecule has 156 valence electrons. The lowest BCUT2D eigenvalue weighted by molar-refractivity contribution is -0.145. The third-order valence-corrected chi connectivity index (χ3v) is 6.44. The minimum absolute atomic E-state index is 0.0243. The van der Waals surface area contributed by atoms with E-state index in [9.17, 15) is 27.6 Å². The van der Waals surface area contributed by atoms with E-state index in [1.165, 1.54) is 24.3 Å². The maximum Gasteiger partial charge on any atom is 0.334 e. The van der Waals surface area contributed by atoms with E-state index >= 15 is 0 Å². The molecule has 3 rings (SSSR count). The Bertz CT molecular complexity index is 974. The fourth-order valence-corrected chi connectivity index (χ4v) is 4.45. The summed E-state index contributed by atoms with van der Waals surface area (Å²) in [5.74, 6) is -2.53. The molecule has 0 unspecified atom stereocenters. The number of rotatable bonds is 5. The number of urea groups is 1. The maximum atomic E-state index is 12.7. The number of carbonyl (C=O) groups is 4. The Labute approximate surface area is 169 Å². The van der Waals surface area contributed by atoms with Crippen molar-refractivity contribution in [3.05, 3.63) is 24.3 Å². The lowest BCUT2D eigenvalue weighted by Crippen LogP contribution is -2.46. The zero-order chi connectivity index (χ0) is 21.3. The zero-order valence-electron chi connectivity index (χ0n) is 16.3. The van der Waals surface area contributed by atoms with Crippen molar-refractivity contribution < 1.29 is 27.6 Å². The van der Waals surface area contributed by atoms with Gasteiger partial charge in [0.25, 0.3) is 0 Å². The van der Waals surface area contributed by atoms with Gasteiger partial charge in [0.2, 0.25) is 5.91 Å². The van der Waals surface area contributed by atoms with Crippen LogP contribution in [0.4, 0.5) is 10.5 Å². The maximum absolute atomic E-state index is 12.7. The molecule has 0 radical (unpaired) electrons. The van der Waals surface area contributed by atoms with Crippen LogP contribution in [0.15, 0.2) is 29.2 Å². The summed E-state index contributed by atoms with van der Waals surface area (Å²) in [6.07, 6.45) is 4.44. The van der Waals surface area contributed by atoms with E-state index < -0.39 is 40.1 Å². The smallest absolute Gasteiger partial charge is 0.324 e. The van der Waals surface area contributed by atoms with Gasteiger partial charge in [0, 0.05) is 18.0 Å². The lowest BCUT2D eigenvalue weighted by Gasteiger charge is -2.34. The van der Waals surface area contributed by atoms with Gasteiger partial charge in [0.1, 0.15) is 6.54 Å². The minimum atomic E-state index is -3.45. The number of carbonyl (C=O) groups excluding carboxylic acids is 4. The van der Waals surface area contributed by atoms with E-state index in [0.29, 0.717) is 11.3 Å². The summed E-state index contributed by atoms with van der Waals surface area (Å²) >= 11 is 0. The first kappa shape index (κ1) is 21.0. The minimum Gasteiger partial charge on any atom is -0.324 e. The zero-order valence-corrected chi connectivity index (χ0v) is 17.1. The lowest BCUT2D eigenvalue weighted by atomic mass is 9.85. The highest BCUT2D eigenvalue weighted by Crippen LogP contribution is 2.31. The Morgan fingerprint density at radius 3 is 2.48 bits per heavy atom. The molecule has 1 N–H and O–H groups in total. The normalized spacial score (nSPS) is 22.9. The highest BCUT2D eigenvalue weighted by molar-refractivity contribution is 7.90. The Balaban J connectivity index is 1.71. The van der Waals surface area contributed by atoms with Crippen LogP contribution >= 0.6 is 0 Å². The second kappa shape index (κ2) is 7.94. The summed E-state index contributed by atoms with van der Waals surface area (Å²) < 4.78 is 23.3. The van der Waals surface area contributed by atoms with Crippen molar-refractivity contribution in [2.75, 3.05) is 18.1 Å². The highest BCUT2D eigenvalue weighted by Gasteiger charge is 2.49. The van der Waals surface area contributed by atoms with Gasteiger partial charge in [-0.15, -0.1) is 0 Å². The number of anilines is 1. The Morgan fingerprint density at radius 2 is 1.83 bits per heavy atom. The predicted octanol–water partition coefficient (Wildman–Crippen LogP) is 1.40. The molecular weight excluding hydrogens is 398 g/mol. The number of imide groups is 2.